The quantitative estimate of drug-likeness (QED) is 0.629. The molecule has 1 aliphatic carbocycles. The van der Waals surface area contributed by atoms with Crippen LogP contribution in [-0.2, 0) is 4.79 Å². The number of nitro benzene ring substituents is 1. The Hall–Kier alpha value is -2.18. The fourth-order valence-electron chi connectivity index (χ4n) is 1.67. The third-order valence-corrected chi connectivity index (χ3v) is 2.86. The molecule has 0 heterocycles. The summed E-state index contributed by atoms with van der Waals surface area (Å²) < 4.78 is 13.4. The number of carbonyl (C=O) groups is 1. The van der Waals surface area contributed by atoms with Crippen molar-refractivity contribution in [1.82, 2.24) is 5.32 Å². The minimum atomic E-state index is -0.926. The molecule has 6 nitrogen and oxygen atoms in total. The van der Waals surface area contributed by atoms with Gasteiger partial charge in [0.15, 0.2) is 0 Å². The SMILES string of the molecule is CC(Nc1cccc(F)c1[N+](=O)[O-])C(=O)NC1CC1. The Morgan fingerprint density at radius 3 is 2.79 bits per heavy atom. The molecule has 0 saturated heterocycles. The Bertz CT molecular complexity index is 517. The van der Waals surface area contributed by atoms with Crippen molar-refractivity contribution in [3.8, 4) is 0 Å². The molecule has 1 unspecified atom stereocenters. The Kier molecular flexibility index (Phi) is 3.64. The van der Waals surface area contributed by atoms with E-state index in [1.165, 1.54) is 12.1 Å². The smallest absolute Gasteiger partial charge is 0.327 e. The highest BCUT2D eigenvalue weighted by Gasteiger charge is 2.27. The summed E-state index contributed by atoms with van der Waals surface area (Å²) in [7, 11) is 0. The Balaban J connectivity index is 2.11. The highest BCUT2D eigenvalue weighted by atomic mass is 19.1. The van der Waals surface area contributed by atoms with E-state index in [9.17, 15) is 19.3 Å². The zero-order valence-corrected chi connectivity index (χ0v) is 10.4. The third kappa shape index (κ3) is 3.18. The summed E-state index contributed by atoms with van der Waals surface area (Å²) in [5.74, 6) is -1.18. The van der Waals surface area contributed by atoms with Crippen LogP contribution >= 0.6 is 0 Å². The topological polar surface area (TPSA) is 84.3 Å². The number of anilines is 1. The van der Waals surface area contributed by atoms with Crippen LogP contribution in [0.2, 0.25) is 0 Å². The molecular formula is C12H14FN3O3. The first-order chi connectivity index (χ1) is 8.99. The average Bonchev–Trinajstić information content (AvgIpc) is 3.12. The van der Waals surface area contributed by atoms with Crippen LogP contribution in [-0.4, -0.2) is 22.9 Å². The second-order valence-corrected chi connectivity index (χ2v) is 4.54. The molecule has 1 aromatic carbocycles. The van der Waals surface area contributed by atoms with E-state index >= 15 is 0 Å². The van der Waals surface area contributed by atoms with Gasteiger partial charge in [-0.15, -0.1) is 0 Å². The number of halogens is 1. The number of carbonyl (C=O) groups excluding carboxylic acids is 1. The minimum absolute atomic E-state index is 0.00319. The molecule has 19 heavy (non-hydrogen) atoms. The average molecular weight is 267 g/mol. The van der Waals surface area contributed by atoms with Gasteiger partial charge in [0.05, 0.1) is 4.92 Å². The fraction of sp³-hybridized carbons (Fsp3) is 0.417. The molecule has 1 fully saturated rings. The van der Waals surface area contributed by atoms with E-state index in [1.807, 2.05) is 0 Å². The first-order valence-electron chi connectivity index (χ1n) is 5.99. The van der Waals surface area contributed by atoms with Crippen LogP contribution in [0.5, 0.6) is 0 Å². The molecule has 1 saturated carbocycles. The molecule has 0 spiro atoms. The van der Waals surface area contributed by atoms with E-state index in [-0.39, 0.29) is 17.6 Å². The van der Waals surface area contributed by atoms with Crippen LogP contribution in [0.15, 0.2) is 18.2 Å². The standard InChI is InChI=1S/C12H14FN3O3/c1-7(12(17)15-8-5-6-8)14-10-4-2-3-9(13)11(10)16(18)19/h2-4,7-8,14H,5-6H2,1H3,(H,15,17). The molecule has 2 rings (SSSR count). The zero-order valence-electron chi connectivity index (χ0n) is 10.4. The molecule has 1 amide bonds. The molecule has 0 aromatic heterocycles. The van der Waals surface area contributed by atoms with Gasteiger partial charge in [0.1, 0.15) is 11.7 Å². The second kappa shape index (κ2) is 5.21. The number of amides is 1. The number of para-hydroxylation sites is 1. The van der Waals surface area contributed by atoms with E-state index in [4.69, 9.17) is 0 Å². The van der Waals surface area contributed by atoms with Crippen molar-refractivity contribution < 1.29 is 14.1 Å². The number of hydrogen-bond donors (Lipinski definition) is 2. The number of nitro groups is 1. The fourth-order valence-corrected chi connectivity index (χ4v) is 1.67. The van der Waals surface area contributed by atoms with E-state index in [1.54, 1.807) is 6.92 Å². The van der Waals surface area contributed by atoms with Crippen molar-refractivity contribution in [3.05, 3.63) is 34.1 Å². The predicted molar refractivity (Wildman–Crippen MR) is 67.3 cm³/mol. The van der Waals surface area contributed by atoms with Gasteiger partial charge in [-0.2, -0.15) is 4.39 Å². The van der Waals surface area contributed by atoms with Crippen molar-refractivity contribution in [2.24, 2.45) is 0 Å². The maximum absolute atomic E-state index is 13.4. The van der Waals surface area contributed by atoms with Crippen molar-refractivity contribution >= 4 is 17.3 Å². The van der Waals surface area contributed by atoms with Crippen LogP contribution in [0.1, 0.15) is 19.8 Å². The van der Waals surface area contributed by atoms with Crippen LogP contribution in [0.4, 0.5) is 15.8 Å². The molecule has 2 N–H and O–H groups in total. The molecule has 102 valence electrons. The summed E-state index contributed by atoms with van der Waals surface area (Å²) in [4.78, 5) is 21.7. The molecule has 7 heteroatoms. The summed E-state index contributed by atoms with van der Waals surface area (Å²) in [6, 6.07) is 3.29. The van der Waals surface area contributed by atoms with Gasteiger partial charge in [0, 0.05) is 6.04 Å². The first-order valence-corrected chi connectivity index (χ1v) is 5.99. The summed E-state index contributed by atoms with van der Waals surface area (Å²) in [5.41, 5.74) is -0.642. The second-order valence-electron chi connectivity index (χ2n) is 4.54. The monoisotopic (exact) mass is 267 g/mol. The molecule has 0 aliphatic heterocycles. The van der Waals surface area contributed by atoms with Crippen LogP contribution in [0, 0.1) is 15.9 Å². The number of nitrogens with one attached hydrogen (secondary N) is 2. The van der Waals surface area contributed by atoms with Crippen molar-refractivity contribution in [2.75, 3.05) is 5.32 Å². The number of benzene rings is 1. The predicted octanol–water partition coefficient (Wildman–Crippen LogP) is 1.81. The van der Waals surface area contributed by atoms with Gasteiger partial charge in [0.25, 0.3) is 0 Å². The highest BCUT2D eigenvalue weighted by Crippen LogP contribution is 2.28. The molecule has 0 radical (unpaired) electrons. The first kappa shape index (κ1) is 13.3. The zero-order chi connectivity index (χ0) is 14.0. The summed E-state index contributed by atoms with van der Waals surface area (Å²) in [6.45, 7) is 1.58. The van der Waals surface area contributed by atoms with E-state index < -0.39 is 22.5 Å². The number of rotatable bonds is 5. The summed E-state index contributed by atoms with van der Waals surface area (Å²) in [6.07, 6.45) is 1.91. The van der Waals surface area contributed by atoms with Gasteiger partial charge < -0.3 is 10.6 Å². The normalized spacial score (nSPS) is 15.7. The van der Waals surface area contributed by atoms with Gasteiger partial charge >= 0.3 is 5.69 Å². The van der Waals surface area contributed by atoms with Gasteiger partial charge in [-0.1, -0.05) is 6.07 Å². The van der Waals surface area contributed by atoms with Crippen molar-refractivity contribution in [3.63, 3.8) is 0 Å². The van der Waals surface area contributed by atoms with E-state index in [0.29, 0.717) is 0 Å². The highest BCUT2D eigenvalue weighted by molar-refractivity contribution is 5.85. The lowest BCUT2D eigenvalue weighted by Gasteiger charge is -2.15. The molecule has 0 bridgehead atoms. The van der Waals surface area contributed by atoms with Gasteiger partial charge in [0.2, 0.25) is 11.7 Å². The number of nitrogens with zero attached hydrogens (tertiary/aromatic N) is 1. The van der Waals surface area contributed by atoms with E-state index in [2.05, 4.69) is 10.6 Å². The lowest BCUT2D eigenvalue weighted by atomic mass is 10.2. The van der Waals surface area contributed by atoms with E-state index in [0.717, 1.165) is 18.9 Å². The molecule has 1 aliphatic rings. The van der Waals surface area contributed by atoms with Gasteiger partial charge in [-0.25, -0.2) is 0 Å². The van der Waals surface area contributed by atoms with Crippen molar-refractivity contribution in [1.29, 1.82) is 0 Å². The molecule has 1 aromatic rings. The maximum atomic E-state index is 13.4. The summed E-state index contributed by atoms with van der Waals surface area (Å²) in [5, 5.41) is 16.3. The number of hydrogen-bond acceptors (Lipinski definition) is 4. The summed E-state index contributed by atoms with van der Waals surface area (Å²) >= 11 is 0. The largest absolute Gasteiger partial charge is 0.368 e. The Labute approximate surface area is 109 Å². The van der Waals surface area contributed by atoms with Crippen LogP contribution in [0.3, 0.4) is 0 Å². The minimum Gasteiger partial charge on any atom is -0.368 e. The van der Waals surface area contributed by atoms with Gasteiger partial charge in [-0.05, 0) is 31.9 Å². The van der Waals surface area contributed by atoms with Crippen molar-refractivity contribution in [2.45, 2.75) is 31.8 Å². The Morgan fingerprint density at radius 1 is 1.53 bits per heavy atom. The Morgan fingerprint density at radius 2 is 2.21 bits per heavy atom. The van der Waals surface area contributed by atoms with Crippen LogP contribution < -0.4 is 10.6 Å². The van der Waals surface area contributed by atoms with Gasteiger partial charge in [-0.3, -0.25) is 14.9 Å². The maximum Gasteiger partial charge on any atom is 0.327 e. The molecular weight excluding hydrogens is 253 g/mol. The lowest BCUT2D eigenvalue weighted by molar-refractivity contribution is -0.386. The lowest BCUT2D eigenvalue weighted by Crippen LogP contribution is -2.38. The molecule has 1 atom stereocenters. The third-order valence-electron chi connectivity index (χ3n) is 2.86. The van der Waals surface area contributed by atoms with Crippen LogP contribution in [0.25, 0.3) is 0 Å².